The summed E-state index contributed by atoms with van der Waals surface area (Å²) in [4.78, 5) is 0. The monoisotopic (exact) mass is 142 g/mol. The number of hydrogen-bond donors (Lipinski definition) is 2. The average Bonchev–Trinajstić information content (AvgIpc) is 2.04. The zero-order chi connectivity index (χ0) is 7.40. The summed E-state index contributed by atoms with van der Waals surface area (Å²) in [5.41, 5.74) is 0. The molecule has 0 amide bonds. The first-order valence-corrected chi connectivity index (χ1v) is 3.75. The molecule has 0 bridgehead atoms. The van der Waals surface area contributed by atoms with Gasteiger partial charge in [-0.2, -0.15) is 0 Å². The third kappa shape index (κ3) is 1.58. The summed E-state index contributed by atoms with van der Waals surface area (Å²) in [5.74, 6) is 0.574. The van der Waals surface area contributed by atoms with Gasteiger partial charge in [0.15, 0.2) is 0 Å². The van der Waals surface area contributed by atoms with Crippen LogP contribution in [-0.2, 0) is 0 Å². The van der Waals surface area contributed by atoms with Crippen molar-refractivity contribution < 1.29 is 10.2 Å². The largest absolute Gasteiger partial charge is 0.396 e. The first-order valence-electron chi connectivity index (χ1n) is 3.75. The minimum Gasteiger partial charge on any atom is -0.396 e. The van der Waals surface area contributed by atoms with Crippen molar-refractivity contribution in [2.45, 2.75) is 12.8 Å². The van der Waals surface area contributed by atoms with E-state index in [9.17, 15) is 0 Å². The van der Waals surface area contributed by atoms with Crippen molar-refractivity contribution in [3.63, 3.8) is 0 Å². The fourth-order valence-corrected chi connectivity index (χ4v) is 1.37. The highest BCUT2D eigenvalue weighted by atomic mass is 16.3. The summed E-state index contributed by atoms with van der Waals surface area (Å²) in [6, 6.07) is 0. The molecule has 58 valence electrons. The summed E-state index contributed by atoms with van der Waals surface area (Å²) < 4.78 is 0. The molecule has 0 aromatic carbocycles. The molecule has 2 heteroatoms. The maximum absolute atomic E-state index is 8.85. The minimum absolute atomic E-state index is 0.204. The molecular formula is C8H14O2. The van der Waals surface area contributed by atoms with Crippen LogP contribution < -0.4 is 0 Å². The van der Waals surface area contributed by atoms with E-state index in [0.29, 0.717) is 0 Å². The van der Waals surface area contributed by atoms with Gasteiger partial charge in [-0.15, -0.1) is 0 Å². The Hall–Kier alpha value is -0.340. The number of allylic oxidation sites excluding steroid dienone is 2. The van der Waals surface area contributed by atoms with Crippen LogP contribution in [0.25, 0.3) is 0 Å². The Kier molecular flexibility index (Phi) is 2.90. The van der Waals surface area contributed by atoms with Crippen molar-refractivity contribution in [3.8, 4) is 0 Å². The Morgan fingerprint density at radius 2 is 1.40 bits per heavy atom. The fourth-order valence-electron chi connectivity index (χ4n) is 1.37. The molecule has 1 aliphatic carbocycles. The lowest BCUT2D eigenvalue weighted by Gasteiger charge is -2.24. The Morgan fingerprint density at radius 1 is 1.00 bits per heavy atom. The van der Waals surface area contributed by atoms with Gasteiger partial charge in [0.1, 0.15) is 0 Å². The SMILES string of the molecule is OCC1CC=CC[C@H]1CO. The van der Waals surface area contributed by atoms with E-state index in [1.54, 1.807) is 0 Å². The molecule has 1 unspecified atom stereocenters. The van der Waals surface area contributed by atoms with Crippen molar-refractivity contribution >= 4 is 0 Å². The first-order chi connectivity index (χ1) is 4.88. The molecule has 2 atom stereocenters. The molecule has 1 aliphatic rings. The molecule has 0 aromatic rings. The van der Waals surface area contributed by atoms with Crippen LogP contribution >= 0.6 is 0 Å². The highest BCUT2D eigenvalue weighted by Gasteiger charge is 2.20. The molecule has 0 aliphatic heterocycles. The van der Waals surface area contributed by atoms with Crippen LogP contribution in [0.5, 0.6) is 0 Å². The van der Waals surface area contributed by atoms with E-state index in [0.717, 1.165) is 12.8 Å². The standard InChI is InChI=1S/C8H14O2/c9-5-7-3-1-2-4-8(7)6-10/h1-2,7-10H,3-6H2/t7-,8?/m0/s1. The highest BCUT2D eigenvalue weighted by molar-refractivity contribution is 4.94. The van der Waals surface area contributed by atoms with Gasteiger partial charge in [-0.3, -0.25) is 0 Å². The Balaban J connectivity index is 2.45. The van der Waals surface area contributed by atoms with E-state index in [2.05, 4.69) is 12.2 Å². The van der Waals surface area contributed by atoms with Crippen LogP contribution in [0.1, 0.15) is 12.8 Å². The molecular weight excluding hydrogens is 128 g/mol. The molecule has 0 spiro atoms. The molecule has 0 heterocycles. The summed E-state index contributed by atoms with van der Waals surface area (Å²) in [7, 11) is 0. The Labute approximate surface area is 61.2 Å². The second-order valence-electron chi connectivity index (χ2n) is 2.83. The van der Waals surface area contributed by atoms with E-state index < -0.39 is 0 Å². The number of aliphatic hydroxyl groups excluding tert-OH is 2. The predicted molar refractivity (Wildman–Crippen MR) is 39.5 cm³/mol. The van der Waals surface area contributed by atoms with Crippen LogP contribution in [0, 0.1) is 11.8 Å². The van der Waals surface area contributed by atoms with Gasteiger partial charge in [0.25, 0.3) is 0 Å². The zero-order valence-corrected chi connectivity index (χ0v) is 6.03. The van der Waals surface area contributed by atoms with Gasteiger partial charge >= 0.3 is 0 Å². The smallest absolute Gasteiger partial charge is 0.0465 e. The van der Waals surface area contributed by atoms with Gasteiger partial charge < -0.3 is 10.2 Å². The second kappa shape index (κ2) is 3.74. The molecule has 0 aromatic heterocycles. The van der Waals surface area contributed by atoms with E-state index in [-0.39, 0.29) is 25.0 Å². The highest BCUT2D eigenvalue weighted by Crippen LogP contribution is 2.23. The third-order valence-electron chi connectivity index (χ3n) is 2.18. The number of rotatable bonds is 2. The molecule has 2 nitrogen and oxygen atoms in total. The maximum atomic E-state index is 8.85. The van der Waals surface area contributed by atoms with Crippen molar-refractivity contribution in [1.82, 2.24) is 0 Å². The van der Waals surface area contributed by atoms with Crippen molar-refractivity contribution in [2.75, 3.05) is 13.2 Å². The summed E-state index contributed by atoms with van der Waals surface area (Å²) in [5, 5.41) is 17.7. The van der Waals surface area contributed by atoms with Gasteiger partial charge in [0.05, 0.1) is 0 Å². The van der Waals surface area contributed by atoms with Gasteiger partial charge in [0.2, 0.25) is 0 Å². The van der Waals surface area contributed by atoms with Gasteiger partial charge in [-0.1, -0.05) is 12.2 Å². The zero-order valence-electron chi connectivity index (χ0n) is 6.03. The summed E-state index contributed by atoms with van der Waals surface area (Å²) in [6.45, 7) is 0.408. The third-order valence-corrected chi connectivity index (χ3v) is 2.18. The normalized spacial score (nSPS) is 32.6. The van der Waals surface area contributed by atoms with E-state index in [1.807, 2.05) is 0 Å². The van der Waals surface area contributed by atoms with Crippen LogP contribution in [0.15, 0.2) is 12.2 Å². The van der Waals surface area contributed by atoms with Crippen LogP contribution in [0.3, 0.4) is 0 Å². The van der Waals surface area contributed by atoms with E-state index >= 15 is 0 Å². The molecule has 10 heavy (non-hydrogen) atoms. The molecule has 2 N–H and O–H groups in total. The molecule has 0 radical (unpaired) electrons. The van der Waals surface area contributed by atoms with Crippen LogP contribution in [-0.4, -0.2) is 23.4 Å². The second-order valence-corrected chi connectivity index (χ2v) is 2.83. The number of aliphatic hydroxyl groups is 2. The molecule has 1 rings (SSSR count). The average molecular weight is 142 g/mol. The van der Waals surface area contributed by atoms with Crippen molar-refractivity contribution in [2.24, 2.45) is 11.8 Å². The predicted octanol–water partition coefficient (Wildman–Crippen LogP) is 0.553. The number of hydrogen-bond acceptors (Lipinski definition) is 2. The van der Waals surface area contributed by atoms with E-state index in [4.69, 9.17) is 10.2 Å². The first kappa shape index (κ1) is 7.76. The lowest BCUT2D eigenvalue weighted by Crippen LogP contribution is -2.23. The lowest BCUT2D eigenvalue weighted by molar-refractivity contribution is 0.118. The van der Waals surface area contributed by atoms with Gasteiger partial charge in [0, 0.05) is 13.2 Å². The summed E-state index contributed by atoms with van der Waals surface area (Å²) in [6.07, 6.45) is 5.99. The topological polar surface area (TPSA) is 40.5 Å². The van der Waals surface area contributed by atoms with E-state index in [1.165, 1.54) is 0 Å². The van der Waals surface area contributed by atoms with Crippen LogP contribution in [0.2, 0.25) is 0 Å². The van der Waals surface area contributed by atoms with Crippen molar-refractivity contribution in [1.29, 1.82) is 0 Å². The fraction of sp³-hybridized carbons (Fsp3) is 0.750. The minimum atomic E-state index is 0.204. The lowest BCUT2D eigenvalue weighted by atomic mass is 9.84. The van der Waals surface area contributed by atoms with Gasteiger partial charge in [-0.25, -0.2) is 0 Å². The Morgan fingerprint density at radius 3 is 1.70 bits per heavy atom. The quantitative estimate of drug-likeness (QED) is 0.553. The molecule has 0 saturated heterocycles. The summed E-state index contributed by atoms with van der Waals surface area (Å²) >= 11 is 0. The molecule has 0 fully saturated rings. The molecule has 0 saturated carbocycles. The maximum Gasteiger partial charge on any atom is 0.0465 e. The van der Waals surface area contributed by atoms with Gasteiger partial charge in [-0.05, 0) is 24.7 Å². The van der Waals surface area contributed by atoms with Crippen molar-refractivity contribution in [3.05, 3.63) is 12.2 Å². The Bertz CT molecular complexity index is 106. The van der Waals surface area contributed by atoms with Crippen LogP contribution in [0.4, 0.5) is 0 Å².